The van der Waals surface area contributed by atoms with Gasteiger partial charge in [0.1, 0.15) is 11.5 Å². The zero-order valence-corrected chi connectivity index (χ0v) is 11.5. The first kappa shape index (κ1) is 14.7. The predicted octanol–water partition coefficient (Wildman–Crippen LogP) is 3.02. The van der Waals surface area contributed by atoms with Crippen LogP contribution in [0.25, 0.3) is 0 Å². The highest BCUT2D eigenvalue weighted by atomic mass is 19.1. The molecule has 0 unspecified atom stereocenters. The first-order valence-corrected chi connectivity index (χ1v) is 7.07. The lowest BCUT2D eigenvalue weighted by Gasteiger charge is -2.20. The molecular weight excluding hydrogens is 261 g/mol. The maximum Gasteiger partial charge on any atom is 0.295 e. The van der Waals surface area contributed by atoms with Gasteiger partial charge in [-0.2, -0.15) is 0 Å². The third kappa shape index (κ3) is 4.16. The molecule has 0 bridgehead atoms. The van der Waals surface area contributed by atoms with E-state index in [-0.39, 0.29) is 5.69 Å². The summed E-state index contributed by atoms with van der Waals surface area (Å²) in [7, 11) is 0. The van der Waals surface area contributed by atoms with Gasteiger partial charge < -0.3 is 10.2 Å². The van der Waals surface area contributed by atoms with Crippen LogP contribution in [0.5, 0.6) is 0 Å². The quantitative estimate of drug-likeness (QED) is 0.665. The van der Waals surface area contributed by atoms with Crippen LogP contribution in [0.15, 0.2) is 18.2 Å². The summed E-state index contributed by atoms with van der Waals surface area (Å²) in [5.41, 5.74) is 0.173. The van der Waals surface area contributed by atoms with E-state index in [4.69, 9.17) is 0 Å². The molecule has 0 aromatic heterocycles. The van der Waals surface area contributed by atoms with Gasteiger partial charge in [-0.25, -0.2) is 4.39 Å². The monoisotopic (exact) mass is 281 g/mol. The predicted molar refractivity (Wildman–Crippen MR) is 76.5 cm³/mol. The second kappa shape index (κ2) is 7.19. The number of nitro groups is 1. The summed E-state index contributed by atoms with van der Waals surface area (Å²) in [5, 5.41) is 13.9. The lowest BCUT2D eigenvalue weighted by Crippen LogP contribution is -2.30. The van der Waals surface area contributed by atoms with Gasteiger partial charge >= 0.3 is 0 Å². The number of nitrogens with zero attached hydrogens (tertiary/aromatic N) is 2. The second-order valence-electron chi connectivity index (χ2n) is 5.10. The Bertz CT molecular complexity index is 460. The zero-order valence-electron chi connectivity index (χ0n) is 11.5. The van der Waals surface area contributed by atoms with E-state index in [0.29, 0.717) is 12.2 Å². The van der Waals surface area contributed by atoms with Crippen molar-refractivity contribution >= 4 is 11.4 Å². The van der Waals surface area contributed by atoms with Crippen LogP contribution in [0, 0.1) is 15.9 Å². The van der Waals surface area contributed by atoms with Gasteiger partial charge in [-0.05, 0) is 38.1 Å². The van der Waals surface area contributed by atoms with Crippen LogP contribution in [-0.2, 0) is 0 Å². The van der Waals surface area contributed by atoms with Crippen molar-refractivity contribution in [3.63, 3.8) is 0 Å². The minimum atomic E-state index is -0.588. The van der Waals surface area contributed by atoms with E-state index in [1.807, 2.05) is 0 Å². The van der Waals surface area contributed by atoms with Gasteiger partial charge in [0.15, 0.2) is 0 Å². The standard InChI is InChI=1S/C14H20FN3O2/c15-12-5-6-13(14(11-12)18(19)20)16-7-10-17-8-3-1-2-4-9-17/h5-6,11,16H,1-4,7-10H2. The molecule has 20 heavy (non-hydrogen) atoms. The summed E-state index contributed by atoms with van der Waals surface area (Å²) in [4.78, 5) is 12.7. The summed E-state index contributed by atoms with van der Waals surface area (Å²) < 4.78 is 13.0. The molecule has 0 aliphatic carbocycles. The van der Waals surface area contributed by atoms with Crippen molar-refractivity contribution in [1.29, 1.82) is 0 Å². The highest BCUT2D eigenvalue weighted by molar-refractivity contribution is 5.61. The lowest BCUT2D eigenvalue weighted by molar-refractivity contribution is -0.384. The van der Waals surface area contributed by atoms with Gasteiger partial charge in [0.25, 0.3) is 5.69 Å². The van der Waals surface area contributed by atoms with Crippen LogP contribution in [0.3, 0.4) is 0 Å². The van der Waals surface area contributed by atoms with Gasteiger partial charge in [-0.3, -0.25) is 10.1 Å². The molecular formula is C14H20FN3O2. The molecule has 0 radical (unpaired) electrons. The molecule has 1 N–H and O–H groups in total. The van der Waals surface area contributed by atoms with Crippen molar-refractivity contribution in [2.75, 3.05) is 31.5 Å². The minimum absolute atomic E-state index is 0.208. The molecule has 1 saturated heterocycles. The molecule has 0 atom stereocenters. The fourth-order valence-corrected chi connectivity index (χ4v) is 2.51. The summed E-state index contributed by atoms with van der Waals surface area (Å²) in [6.07, 6.45) is 5.01. The first-order valence-electron chi connectivity index (χ1n) is 7.07. The number of benzene rings is 1. The van der Waals surface area contributed by atoms with Crippen LogP contribution >= 0.6 is 0 Å². The molecule has 1 heterocycles. The summed E-state index contributed by atoms with van der Waals surface area (Å²) in [6.45, 7) is 3.67. The van der Waals surface area contributed by atoms with Crippen molar-refractivity contribution in [3.05, 3.63) is 34.1 Å². The van der Waals surface area contributed by atoms with Gasteiger partial charge in [-0.15, -0.1) is 0 Å². The van der Waals surface area contributed by atoms with Crippen LogP contribution in [0.4, 0.5) is 15.8 Å². The molecule has 5 nitrogen and oxygen atoms in total. The molecule has 1 aliphatic rings. The van der Waals surface area contributed by atoms with Gasteiger partial charge in [-0.1, -0.05) is 12.8 Å². The largest absolute Gasteiger partial charge is 0.378 e. The van der Waals surface area contributed by atoms with Crippen molar-refractivity contribution in [1.82, 2.24) is 4.90 Å². The van der Waals surface area contributed by atoms with Gasteiger partial charge in [0.2, 0.25) is 0 Å². The number of hydrogen-bond acceptors (Lipinski definition) is 4. The molecule has 1 aliphatic heterocycles. The number of likely N-dealkylation sites (tertiary alicyclic amines) is 1. The normalized spacial score (nSPS) is 16.6. The molecule has 6 heteroatoms. The van der Waals surface area contributed by atoms with E-state index in [1.54, 1.807) is 0 Å². The fraction of sp³-hybridized carbons (Fsp3) is 0.571. The molecule has 1 fully saturated rings. The number of halogens is 1. The Morgan fingerprint density at radius 3 is 2.60 bits per heavy atom. The Morgan fingerprint density at radius 1 is 1.25 bits per heavy atom. The molecule has 1 aromatic carbocycles. The zero-order chi connectivity index (χ0) is 14.4. The van der Waals surface area contributed by atoms with Crippen molar-refractivity contribution in [3.8, 4) is 0 Å². The molecule has 2 rings (SSSR count). The van der Waals surface area contributed by atoms with E-state index in [9.17, 15) is 14.5 Å². The average molecular weight is 281 g/mol. The summed E-state index contributed by atoms with van der Waals surface area (Å²) in [5.74, 6) is -0.588. The topological polar surface area (TPSA) is 58.4 Å². The second-order valence-corrected chi connectivity index (χ2v) is 5.10. The molecule has 1 aromatic rings. The third-order valence-corrected chi connectivity index (χ3v) is 3.60. The number of nitrogens with one attached hydrogen (secondary N) is 1. The summed E-state index contributed by atoms with van der Waals surface area (Å²) in [6, 6.07) is 3.62. The van der Waals surface area contributed by atoms with Crippen molar-refractivity contribution < 1.29 is 9.31 Å². The maximum atomic E-state index is 13.0. The van der Waals surface area contributed by atoms with Crippen LogP contribution in [-0.4, -0.2) is 36.0 Å². The highest BCUT2D eigenvalue weighted by Crippen LogP contribution is 2.24. The molecule has 0 saturated carbocycles. The Hall–Kier alpha value is -1.69. The Labute approximate surface area is 117 Å². The van der Waals surface area contributed by atoms with Crippen LogP contribution in [0.1, 0.15) is 25.7 Å². The van der Waals surface area contributed by atoms with Crippen molar-refractivity contribution in [2.45, 2.75) is 25.7 Å². The highest BCUT2D eigenvalue weighted by Gasteiger charge is 2.15. The van der Waals surface area contributed by atoms with Gasteiger partial charge in [0.05, 0.1) is 11.0 Å². The van der Waals surface area contributed by atoms with Crippen LogP contribution in [0.2, 0.25) is 0 Å². The SMILES string of the molecule is O=[N+]([O-])c1cc(F)ccc1NCCN1CCCCCC1. The van der Waals surface area contributed by atoms with E-state index in [1.165, 1.54) is 37.8 Å². The third-order valence-electron chi connectivity index (χ3n) is 3.60. The number of rotatable bonds is 5. The number of nitro benzene ring substituents is 1. The minimum Gasteiger partial charge on any atom is -0.378 e. The molecule has 110 valence electrons. The molecule has 0 spiro atoms. The molecule has 0 amide bonds. The maximum absolute atomic E-state index is 13.0. The first-order chi connectivity index (χ1) is 9.66. The number of hydrogen-bond donors (Lipinski definition) is 1. The van der Waals surface area contributed by atoms with Crippen molar-refractivity contribution in [2.24, 2.45) is 0 Å². The van der Waals surface area contributed by atoms with E-state index < -0.39 is 10.7 Å². The van der Waals surface area contributed by atoms with Crippen LogP contribution < -0.4 is 5.32 Å². The van der Waals surface area contributed by atoms with E-state index in [2.05, 4.69) is 10.2 Å². The summed E-state index contributed by atoms with van der Waals surface area (Å²) >= 11 is 0. The van der Waals surface area contributed by atoms with E-state index >= 15 is 0 Å². The smallest absolute Gasteiger partial charge is 0.295 e. The Morgan fingerprint density at radius 2 is 1.95 bits per heavy atom. The van der Waals surface area contributed by atoms with E-state index in [0.717, 1.165) is 25.7 Å². The van der Waals surface area contributed by atoms with Gasteiger partial charge in [0, 0.05) is 13.1 Å². The Balaban J connectivity index is 1.88. The average Bonchev–Trinajstić information content (AvgIpc) is 2.69. The Kier molecular flexibility index (Phi) is 5.29. The number of anilines is 1. The fourth-order valence-electron chi connectivity index (χ4n) is 2.51. The lowest BCUT2D eigenvalue weighted by atomic mass is 10.2.